The molecule has 2 heterocycles. The molecule has 0 atom stereocenters. The van der Waals surface area contributed by atoms with Crippen molar-refractivity contribution in [3.63, 3.8) is 0 Å². The molecular formula is C17H12O8. The SMILES string of the molecule is COc1c(OC)c2oc(=O)c3cc(O)c(O)c4oc(=O)c(c1C)c2c43. The molecule has 0 aliphatic rings. The highest BCUT2D eigenvalue weighted by molar-refractivity contribution is 6.23. The molecule has 0 saturated carbocycles. The van der Waals surface area contributed by atoms with Crippen molar-refractivity contribution in [3.8, 4) is 23.0 Å². The Morgan fingerprint density at radius 3 is 2.16 bits per heavy atom. The average Bonchev–Trinajstić information content (AvgIpc) is 2.58. The van der Waals surface area contributed by atoms with E-state index in [1.165, 1.54) is 14.2 Å². The first-order valence-corrected chi connectivity index (χ1v) is 7.22. The molecule has 4 rings (SSSR count). The van der Waals surface area contributed by atoms with Crippen molar-refractivity contribution in [1.29, 1.82) is 0 Å². The third-order valence-electron chi connectivity index (χ3n) is 4.31. The van der Waals surface area contributed by atoms with Gasteiger partial charge in [-0.25, -0.2) is 9.59 Å². The summed E-state index contributed by atoms with van der Waals surface area (Å²) in [5, 5.41) is 20.4. The fraction of sp³-hybridized carbons (Fsp3) is 0.176. The smallest absolute Gasteiger partial charge is 0.344 e. The number of hydrogen-bond acceptors (Lipinski definition) is 8. The summed E-state index contributed by atoms with van der Waals surface area (Å²) in [6.07, 6.45) is 0. The molecule has 8 heteroatoms. The van der Waals surface area contributed by atoms with Crippen LogP contribution in [-0.4, -0.2) is 24.4 Å². The molecule has 0 aliphatic heterocycles. The Morgan fingerprint density at radius 2 is 1.52 bits per heavy atom. The molecule has 2 aromatic carbocycles. The van der Waals surface area contributed by atoms with Crippen LogP contribution in [0.4, 0.5) is 0 Å². The van der Waals surface area contributed by atoms with Crippen LogP contribution in [0.2, 0.25) is 0 Å². The molecule has 0 radical (unpaired) electrons. The molecule has 0 amide bonds. The van der Waals surface area contributed by atoms with Crippen LogP contribution in [0, 0.1) is 6.92 Å². The van der Waals surface area contributed by atoms with Gasteiger partial charge in [0.25, 0.3) is 0 Å². The minimum Gasteiger partial charge on any atom is -0.504 e. The number of benzene rings is 2. The van der Waals surface area contributed by atoms with Crippen LogP contribution >= 0.6 is 0 Å². The predicted molar refractivity (Wildman–Crippen MR) is 88.4 cm³/mol. The minimum absolute atomic E-state index is 0.000407. The largest absolute Gasteiger partial charge is 0.504 e. The Balaban J connectivity index is 2.51. The van der Waals surface area contributed by atoms with Gasteiger partial charge in [0.15, 0.2) is 22.7 Å². The molecule has 0 aliphatic carbocycles. The lowest BCUT2D eigenvalue weighted by molar-refractivity contribution is 0.350. The van der Waals surface area contributed by atoms with Crippen molar-refractivity contribution in [1.82, 2.24) is 0 Å². The maximum absolute atomic E-state index is 12.5. The molecule has 0 fully saturated rings. The Hall–Kier alpha value is -3.42. The Morgan fingerprint density at radius 1 is 0.880 bits per heavy atom. The predicted octanol–water partition coefficient (Wildman–Crippen LogP) is 2.23. The summed E-state index contributed by atoms with van der Waals surface area (Å²) in [6, 6.07) is 1.06. The zero-order valence-corrected chi connectivity index (χ0v) is 13.4. The van der Waals surface area contributed by atoms with E-state index in [1.807, 2.05) is 0 Å². The number of phenolic OH excluding ortho intramolecular Hbond substituents is 2. The molecule has 0 bridgehead atoms. The fourth-order valence-electron chi connectivity index (χ4n) is 3.26. The topological polar surface area (TPSA) is 119 Å². The van der Waals surface area contributed by atoms with Gasteiger partial charge in [-0.1, -0.05) is 0 Å². The molecule has 0 spiro atoms. The second-order valence-corrected chi connectivity index (χ2v) is 5.55. The van der Waals surface area contributed by atoms with Gasteiger partial charge in [0.1, 0.15) is 0 Å². The van der Waals surface area contributed by atoms with E-state index in [4.69, 9.17) is 18.3 Å². The number of aromatic hydroxyl groups is 2. The Labute approximate surface area is 138 Å². The first-order chi connectivity index (χ1) is 11.9. The molecular weight excluding hydrogens is 332 g/mol. The van der Waals surface area contributed by atoms with Crippen LogP contribution in [0.3, 0.4) is 0 Å². The number of phenols is 2. The number of aryl methyl sites for hydroxylation is 1. The molecule has 4 aromatic rings. The first-order valence-electron chi connectivity index (χ1n) is 7.22. The highest BCUT2D eigenvalue weighted by Crippen LogP contribution is 2.46. The van der Waals surface area contributed by atoms with Crippen LogP contribution in [-0.2, 0) is 0 Å². The van der Waals surface area contributed by atoms with E-state index >= 15 is 0 Å². The normalized spacial score (nSPS) is 11.6. The highest BCUT2D eigenvalue weighted by atomic mass is 16.5. The summed E-state index contributed by atoms with van der Waals surface area (Å²) in [6.45, 7) is 1.64. The summed E-state index contributed by atoms with van der Waals surface area (Å²) >= 11 is 0. The van der Waals surface area contributed by atoms with Crippen molar-refractivity contribution in [2.45, 2.75) is 6.92 Å². The van der Waals surface area contributed by atoms with Gasteiger partial charge < -0.3 is 28.5 Å². The van der Waals surface area contributed by atoms with Gasteiger partial charge in [0.05, 0.1) is 25.0 Å². The summed E-state index contributed by atoms with van der Waals surface area (Å²) < 4.78 is 21.2. The molecule has 25 heavy (non-hydrogen) atoms. The monoisotopic (exact) mass is 344 g/mol. The van der Waals surface area contributed by atoms with Crippen LogP contribution in [0.25, 0.3) is 32.7 Å². The van der Waals surface area contributed by atoms with Crippen molar-refractivity contribution < 1.29 is 28.5 Å². The fourth-order valence-corrected chi connectivity index (χ4v) is 3.26. The van der Waals surface area contributed by atoms with Gasteiger partial charge >= 0.3 is 11.3 Å². The lowest BCUT2D eigenvalue weighted by Gasteiger charge is -2.16. The van der Waals surface area contributed by atoms with Crippen molar-refractivity contribution in [2.75, 3.05) is 14.2 Å². The van der Waals surface area contributed by atoms with E-state index in [2.05, 4.69) is 0 Å². The number of hydrogen-bond donors (Lipinski definition) is 2. The van der Waals surface area contributed by atoms with Crippen molar-refractivity contribution in [3.05, 3.63) is 32.5 Å². The standard InChI is InChI=1S/C17H12O8/c1-5-8-10-9-6(4-7(18)11(19)13(9)24-17(8)21)16(20)25-14(10)15(23-3)12(5)22-2/h4,18-19H,1-3H3. The van der Waals surface area contributed by atoms with E-state index in [0.717, 1.165) is 6.07 Å². The van der Waals surface area contributed by atoms with Crippen LogP contribution in [0.15, 0.2) is 24.5 Å². The van der Waals surface area contributed by atoms with Crippen LogP contribution in [0.1, 0.15) is 5.56 Å². The van der Waals surface area contributed by atoms with E-state index in [0.29, 0.717) is 5.56 Å². The van der Waals surface area contributed by atoms with E-state index in [-0.39, 0.29) is 44.2 Å². The molecule has 2 N–H and O–H groups in total. The zero-order chi connectivity index (χ0) is 18.0. The van der Waals surface area contributed by atoms with Gasteiger partial charge in [-0.15, -0.1) is 0 Å². The van der Waals surface area contributed by atoms with Crippen LogP contribution < -0.4 is 20.7 Å². The van der Waals surface area contributed by atoms with Gasteiger partial charge in [-0.2, -0.15) is 0 Å². The lowest BCUT2D eigenvalue weighted by atomic mass is 9.98. The molecule has 0 saturated heterocycles. The number of methoxy groups -OCH3 is 2. The summed E-state index contributed by atoms with van der Waals surface area (Å²) in [5.74, 6) is -0.852. The maximum atomic E-state index is 12.5. The Kier molecular flexibility index (Phi) is 2.90. The second kappa shape index (κ2) is 4.79. The van der Waals surface area contributed by atoms with E-state index in [9.17, 15) is 19.8 Å². The number of rotatable bonds is 2. The minimum atomic E-state index is -0.785. The van der Waals surface area contributed by atoms with Crippen molar-refractivity contribution in [2.24, 2.45) is 0 Å². The molecule has 8 nitrogen and oxygen atoms in total. The summed E-state index contributed by atoms with van der Waals surface area (Å²) in [4.78, 5) is 24.9. The van der Waals surface area contributed by atoms with Gasteiger partial charge in [0.2, 0.25) is 11.5 Å². The first kappa shape index (κ1) is 15.1. The molecule has 128 valence electrons. The number of ether oxygens (including phenoxy) is 2. The van der Waals surface area contributed by atoms with Gasteiger partial charge in [-0.05, 0) is 13.0 Å². The highest BCUT2D eigenvalue weighted by Gasteiger charge is 2.28. The van der Waals surface area contributed by atoms with Gasteiger partial charge in [-0.3, -0.25) is 0 Å². The quantitative estimate of drug-likeness (QED) is 0.323. The van der Waals surface area contributed by atoms with E-state index in [1.54, 1.807) is 6.92 Å². The molecule has 0 unspecified atom stereocenters. The van der Waals surface area contributed by atoms with E-state index < -0.39 is 22.8 Å². The third kappa shape index (κ3) is 1.70. The maximum Gasteiger partial charge on any atom is 0.344 e. The second-order valence-electron chi connectivity index (χ2n) is 5.55. The lowest BCUT2D eigenvalue weighted by Crippen LogP contribution is -2.10. The summed E-state index contributed by atoms with van der Waals surface area (Å²) in [7, 11) is 2.77. The van der Waals surface area contributed by atoms with Crippen LogP contribution in [0.5, 0.6) is 23.0 Å². The molecule has 2 aromatic heterocycles. The third-order valence-corrected chi connectivity index (χ3v) is 4.31. The average molecular weight is 344 g/mol. The summed E-state index contributed by atoms with van der Waals surface area (Å²) in [5.41, 5.74) is -1.41. The van der Waals surface area contributed by atoms with Gasteiger partial charge in [0, 0.05) is 16.3 Å². The van der Waals surface area contributed by atoms with Crippen molar-refractivity contribution >= 4 is 32.7 Å². The zero-order valence-electron chi connectivity index (χ0n) is 13.4. The Bertz CT molecular complexity index is 1280.